The number of nitro benzene ring substituents is 1. The van der Waals surface area contributed by atoms with Crippen LogP contribution in [0.2, 0.25) is 25.1 Å². The van der Waals surface area contributed by atoms with Gasteiger partial charge in [0.15, 0.2) is 0 Å². The molecule has 0 spiro atoms. The van der Waals surface area contributed by atoms with Crippen molar-refractivity contribution in [3.63, 3.8) is 0 Å². The maximum atomic E-state index is 10.5. The van der Waals surface area contributed by atoms with E-state index in [1.54, 1.807) is 0 Å². The van der Waals surface area contributed by atoms with E-state index in [4.69, 9.17) is 75.5 Å². The molecule has 0 fully saturated rings. The Balaban J connectivity index is -0.000000405. The van der Waals surface area contributed by atoms with E-state index < -0.39 is 21.0 Å². The second-order valence-electron chi connectivity index (χ2n) is 2.58. The van der Waals surface area contributed by atoms with E-state index >= 15 is 0 Å². The average Bonchev–Trinajstić information content (AvgIpc) is 2.21. The van der Waals surface area contributed by atoms with Crippen LogP contribution in [-0.4, -0.2) is 22.4 Å². The van der Waals surface area contributed by atoms with Crippen LogP contribution >= 0.6 is 58.0 Å². The summed E-state index contributed by atoms with van der Waals surface area (Å²) in [7, 11) is -5.17. The van der Waals surface area contributed by atoms with Crippen molar-refractivity contribution in [2.45, 2.75) is 0 Å². The predicted octanol–water partition coefficient (Wildman–Crippen LogP) is -2.47. The van der Waals surface area contributed by atoms with Gasteiger partial charge in [0.25, 0.3) is 0 Å². The molecule has 0 radical (unpaired) electrons. The molecule has 0 aliphatic carbocycles. The molecule has 0 saturated carbocycles. The van der Waals surface area contributed by atoms with Crippen molar-refractivity contribution < 1.29 is 125 Å². The molecule has 0 aromatic heterocycles. The Labute approximate surface area is 229 Å². The fourth-order valence-electron chi connectivity index (χ4n) is 0.754. The fraction of sp³-hybridized carbons (Fsp3) is 0. The summed E-state index contributed by atoms with van der Waals surface area (Å²) < 4.78 is 34.1. The van der Waals surface area contributed by atoms with E-state index in [9.17, 15) is 10.1 Å². The number of benzene rings is 1. The van der Waals surface area contributed by atoms with Gasteiger partial charge >= 0.3 is 108 Å². The summed E-state index contributed by atoms with van der Waals surface area (Å²) in [6.07, 6.45) is 0. The zero-order chi connectivity index (χ0) is 15.5. The third kappa shape index (κ3) is 10.7. The van der Waals surface area contributed by atoms with Crippen molar-refractivity contribution in [3.05, 3.63) is 35.2 Å². The Morgan fingerprint density at radius 2 is 0.952 bits per heavy atom. The van der Waals surface area contributed by atoms with Crippen LogP contribution in [0.5, 0.6) is 0 Å². The number of hydrogen-bond acceptors (Lipinski definition) is 6. The summed E-state index contributed by atoms with van der Waals surface area (Å²) in [5.74, 6) is 0. The number of hydrogen-bond donors (Lipinski definition) is 0. The van der Waals surface area contributed by atoms with Gasteiger partial charge in [0, 0.05) is 10.4 Å². The van der Waals surface area contributed by atoms with Gasteiger partial charge in [-0.3, -0.25) is 18.5 Å². The summed E-state index contributed by atoms with van der Waals surface area (Å²) >= 11 is 27.9. The fourth-order valence-corrected chi connectivity index (χ4v) is 2.02. The van der Waals surface area contributed by atoms with Crippen molar-refractivity contribution in [2.24, 2.45) is 0 Å². The maximum absolute atomic E-state index is 10.5. The van der Waals surface area contributed by atoms with E-state index in [2.05, 4.69) is 0 Å². The Bertz CT molecular complexity index is 590. The van der Waals surface area contributed by atoms with Gasteiger partial charge < -0.3 is 9.11 Å². The second kappa shape index (κ2) is 12.5. The second-order valence-corrected chi connectivity index (χ2v) is 5.29. The summed E-state index contributed by atoms with van der Waals surface area (Å²) in [5.41, 5.74) is -0.548. The molecule has 0 unspecified atom stereocenters. The largest absolute Gasteiger partial charge is 1.00 e. The maximum Gasteiger partial charge on any atom is 1.00 e. The standard InChI is InChI=1S/C6Cl5NO2.2K.H2O4S/c7-1-2(8)4(10)6(12(13)14)5(11)3(1)9;;;1-5(2,3)4/h;;;(H2,1,2,3,4)/q;2*+1;/p-2. The van der Waals surface area contributed by atoms with Crippen LogP contribution in [-0.2, 0) is 10.4 Å². The first-order valence-electron chi connectivity index (χ1n) is 3.70. The Morgan fingerprint density at radius 1 is 0.762 bits per heavy atom. The number of rotatable bonds is 1. The van der Waals surface area contributed by atoms with Crippen molar-refractivity contribution in [1.82, 2.24) is 0 Å². The van der Waals surface area contributed by atoms with Gasteiger partial charge in [-0.1, -0.05) is 58.0 Å². The van der Waals surface area contributed by atoms with Gasteiger partial charge in [-0.25, -0.2) is 0 Å². The van der Waals surface area contributed by atoms with Gasteiger partial charge in [-0.2, -0.15) is 0 Å². The zero-order valence-corrected chi connectivity index (χ0v) is 21.0. The minimum absolute atomic E-state index is 0. The first-order chi connectivity index (χ1) is 8.37. The Morgan fingerprint density at radius 3 is 1.14 bits per heavy atom. The van der Waals surface area contributed by atoms with Gasteiger partial charge in [0.2, 0.25) is 0 Å². The molecule has 1 rings (SSSR count). The van der Waals surface area contributed by atoms with E-state index in [0.29, 0.717) is 0 Å². The number of nitrogens with zero attached hydrogens (tertiary/aromatic N) is 1. The zero-order valence-electron chi connectivity index (χ0n) is 10.2. The molecule has 0 N–H and O–H groups in total. The minimum Gasteiger partial charge on any atom is -0.759 e. The Hall–Kier alpha value is 3.21. The normalized spacial score (nSPS) is 9.67. The molecule has 0 amide bonds. The molecule has 21 heavy (non-hydrogen) atoms. The van der Waals surface area contributed by atoms with Gasteiger partial charge in [-0.05, 0) is 0 Å². The van der Waals surface area contributed by atoms with Crippen LogP contribution in [0.3, 0.4) is 0 Å². The molecule has 0 saturated heterocycles. The molecule has 0 aliphatic rings. The Kier molecular flexibility index (Phi) is 17.3. The SMILES string of the molecule is O=S(=O)([O-])[O-].O=[N+]([O-])c1c(Cl)c(Cl)c(Cl)c(Cl)c1Cl.[K+].[K+]. The molecule has 0 aliphatic heterocycles. The first-order valence-corrected chi connectivity index (χ1v) is 6.92. The molecular formula is C6Cl5K2NO6S. The van der Waals surface area contributed by atoms with Crippen molar-refractivity contribution in [1.29, 1.82) is 0 Å². The molecule has 7 nitrogen and oxygen atoms in total. The van der Waals surface area contributed by atoms with Crippen LogP contribution in [0.4, 0.5) is 5.69 Å². The van der Waals surface area contributed by atoms with Crippen molar-refractivity contribution in [2.75, 3.05) is 0 Å². The summed E-state index contributed by atoms with van der Waals surface area (Å²) in [5, 5.41) is 9.41. The monoisotopic (exact) mass is 467 g/mol. The van der Waals surface area contributed by atoms with E-state index in [-0.39, 0.29) is 128 Å². The van der Waals surface area contributed by atoms with Crippen LogP contribution < -0.4 is 103 Å². The third-order valence-electron chi connectivity index (χ3n) is 1.37. The van der Waals surface area contributed by atoms with Crippen LogP contribution in [0.15, 0.2) is 0 Å². The average molecular weight is 470 g/mol. The third-order valence-corrected chi connectivity index (χ3v) is 3.63. The van der Waals surface area contributed by atoms with E-state index in [1.807, 2.05) is 0 Å². The predicted molar refractivity (Wildman–Crippen MR) is 68.6 cm³/mol. The van der Waals surface area contributed by atoms with Gasteiger partial charge in [0.05, 0.1) is 20.0 Å². The molecular weight excluding hydrogens is 470 g/mol. The molecule has 15 heteroatoms. The van der Waals surface area contributed by atoms with Crippen molar-refractivity contribution >= 4 is 74.1 Å². The quantitative estimate of drug-likeness (QED) is 0.0854. The molecule has 0 heterocycles. The first kappa shape index (κ1) is 29.0. The molecule has 108 valence electrons. The van der Waals surface area contributed by atoms with Crippen molar-refractivity contribution in [3.8, 4) is 0 Å². The molecule has 0 atom stereocenters. The smallest absolute Gasteiger partial charge is 0.759 e. The molecule has 0 bridgehead atoms. The number of nitro groups is 1. The molecule has 1 aromatic rings. The number of halogens is 5. The summed E-state index contributed by atoms with van der Waals surface area (Å²) in [6, 6.07) is 0. The topological polar surface area (TPSA) is 123 Å². The summed E-state index contributed by atoms with van der Waals surface area (Å²) in [6.45, 7) is 0. The van der Waals surface area contributed by atoms with E-state index in [1.165, 1.54) is 0 Å². The van der Waals surface area contributed by atoms with E-state index in [0.717, 1.165) is 0 Å². The minimum atomic E-state index is -5.17. The molecule has 1 aromatic carbocycles. The van der Waals surface area contributed by atoms with Crippen LogP contribution in [0.1, 0.15) is 0 Å². The van der Waals surface area contributed by atoms with Crippen LogP contribution in [0, 0.1) is 10.1 Å². The van der Waals surface area contributed by atoms with Gasteiger partial charge in [-0.15, -0.1) is 0 Å². The summed E-state index contributed by atoms with van der Waals surface area (Å²) in [4.78, 5) is 9.76. The van der Waals surface area contributed by atoms with Gasteiger partial charge in [0.1, 0.15) is 10.0 Å². The van der Waals surface area contributed by atoms with Crippen LogP contribution in [0.25, 0.3) is 0 Å².